The molecule has 0 radical (unpaired) electrons. The van der Waals surface area contributed by atoms with Gasteiger partial charge in [0.2, 0.25) is 0 Å². The number of aromatic nitrogens is 1. The van der Waals surface area contributed by atoms with Crippen LogP contribution in [0.3, 0.4) is 0 Å². The molecule has 2 aromatic rings. The summed E-state index contributed by atoms with van der Waals surface area (Å²) in [6, 6.07) is 5.49. The van der Waals surface area contributed by atoms with Gasteiger partial charge in [0.25, 0.3) is 5.91 Å². The van der Waals surface area contributed by atoms with Gasteiger partial charge in [0.1, 0.15) is 0 Å². The lowest BCUT2D eigenvalue weighted by Gasteiger charge is -2.06. The Kier molecular flexibility index (Phi) is 3.92. The quantitative estimate of drug-likeness (QED) is 0.871. The van der Waals surface area contributed by atoms with Crippen LogP contribution in [0.2, 0.25) is 5.02 Å². The molecular weight excluding hydrogens is 248 g/mol. The summed E-state index contributed by atoms with van der Waals surface area (Å²) >= 11 is 5.95. The molecule has 4 heteroatoms. The van der Waals surface area contributed by atoms with Crippen molar-refractivity contribution in [2.45, 2.75) is 20.3 Å². The number of aromatic amines is 1. The predicted octanol–water partition coefficient (Wildman–Crippen LogP) is 3.60. The highest BCUT2D eigenvalue weighted by Gasteiger charge is 2.11. The number of rotatable bonds is 4. The monoisotopic (exact) mass is 264 g/mol. The van der Waals surface area contributed by atoms with Crippen molar-refractivity contribution in [2.75, 3.05) is 6.54 Å². The van der Waals surface area contributed by atoms with Crippen LogP contribution in [0.1, 0.15) is 30.6 Å². The average Bonchev–Trinajstić information content (AvgIpc) is 2.71. The highest BCUT2D eigenvalue weighted by Crippen LogP contribution is 2.22. The molecule has 0 aliphatic carbocycles. The number of H-pyrrole nitrogens is 1. The molecular formula is C14H17ClN2O. The molecule has 0 bridgehead atoms. The Bertz CT molecular complexity index is 560. The van der Waals surface area contributed by atoms with Crippen molar-refractivity contribution >= 4 is 28.4 Å². The Labute approximate surface area is 112 Å². The third-order valence-corrected chi connectivity index (χ3v) is 3.13. The molecule has 96 valence electrons. The van der Waals surface area contributed by atoms with E-state index in [0.29, 0.717) is 23.0 Å². The van der Waals surface area contributed by atoms with E-state index in [2.05, 4.69) is 24.1 Å². The molecule has 1 heterocycles. The fraction of sp³-hybridized carbons (Fsp3) is 0.357. The van der Waals surface area contributed by atoms with Crippen molar-refractivity contribution in [3.05, 3.63) is 35.0 Å². The van der Waals surface area contributed by atoms with E-state index in [0.717, 1.165) is 17.3 Å². The fourth-order valence-corrected chi connectivity index (χ4v) is 2.02. The topological polar surface area (TPSA) is 44.9 Å². The number of halogens is 1. The molecule has 0 saturated carbocycles. The normalized spacial score (nSPS) is 11.1. The van der Waals surface area contributed by atoms with E-state index in [4.69, 9.17) is 11.6 Å². The first-order valence-corrected chi connectivity index (χ1v) is 6.50. The fourth-order valence-electron chi connectivity index (χ4n) is 1.85. The Hall–Kier alpha value is -1.48. The van der Waals surface area contributed by atoms with Gasteiger partial charge in [0, 0.05) is 28.7 Å². The number of carbonyl (C=O) groups is 1. The molecule has 1 aromatic heterocycles. The first-order chi connectivity index (χ1) is 8.58. The highest BCUT2D eigenvalue weighted by atomic mass is 35.5. The number of carbonyl (C=O) groups excluding carboxylic acids is 1. The Balaban J connectivity index is 2.15. The minimum absolute atomic E-state index is 0.0517. The van der Waals surface area contributed by atoms with Crippen molar-refractivity contribution in [1.82, 2.24) is 10.3 Å². The Morgan fingerprint density at radius 1 is 1.44 bits per heavy atom. The molecule has 1 aromatic carbocycles. The third kappa shape index (κ3) is 2.85. The minimum Gasteiger partial charge on any atom is -0.360 e. The van der Waals surface area contributed by atoms with Gasteiger partial charge in [0.05, 0.1) is 5.56 Å². The zero-order valence-electron chi connectivity index (χ0n) is 10.6. The largest absolute Gasteiger partial charge is 0.360 e. The lowest BCUT2D eigenvalue weighted by atomic mass is 10.1. The number of amides is 1. The van der Waals surface area contributed by atoms with Crippen molar-refractivity contribution < 1.29 is 4.79 Å². The molecule has 0 saturated heterocycles. The summed E-state index contributed by atoms with van der Waals surface area (Å²) in [7, 11) is 0. The number of hydrogen-bond donors (Lipinski definition) is 2. The lowest BCUT2D eigenvalue weighted by Crippen LogP contribution is -2.25. The second-order valence-corrected chi connectivity index (χ2v) is 5.27. The van der Waals surface area contributed by atoms with Gasteiger partial charge in [-0.2, -0.15) is 0 Å². The highest BCUT2D eigenvalue weighted by molar-refractivity contribution is 6.31. The molecule has 1 amide bonds. The summed E-state index contributed by atoms with van der Waals surface area (Å²) in [5.41, 5.74) is 1.57. The van der Waals surface area contributed by atoms with Gasteiger partial charge in [-0.3, -0.25) is 4.79 Å². The summed E-state index contributed by atoms with van der Waals surface area (Å²) < 4.78 is 0. The van der Waals surface area contributed by atoms with E-state index in [-0.39, 0.29) is 5.91 Å². The van der Waals surface area contributed by atoms with Crippen molar-refractivity contribution in [3.63, 3.8) is 0 Å². The van der Waals surface area contributed by atoms with Crippen LogP contribution in [0.25, 0.3) is 10.9 Å². The second kappa shape index (κ2) is 5.44. The Morgan fingerprint density at radius 3 is 2.94 bits per heavy atom. The van der Waals surface area contributed by atoms with E-state index in [1.54, 1.807) is 12.3 Å². The molecule has 0 unspecified atom stereocenters. The summed E-state index contributed by atoms with van der Waals surface area (Å²) in [5, 5.41) is 4.43. The van der Waals surface area contributed by atoms with Crippen LogP contribution in [-0.2, 0) is 0 Å². The van der Waals surface area contributed by atoms with Gasteiger partial charge in [-0.15, -0.1) is 0 Å². The number of hydrogen-bond acceptors (Lipinski definition) is 1. The summed E-state index contributed by atoms with van der Waals surface area (Å²) in [4.78, 5) is 15.1. The summed E-state index contributed by atoms with van der Waals surface area (Å²) in [6.07, 6.45) is 2.71. The molecule has 0 atom stereocenters. The van der Waals surface area contributed by atoms with Gasteiger partial charge in [0.15, 0.2) is 0 Å². The van der Waals surface area contributed by atoms with E-state index in [1.165, 1.54) is 0 Å². The predicted molar refractivity (Wildman–Crippen MR) is 75.1 cm³/mol. The smallest absolute Gasteiger partial charge is 0.253 e. The Morgan fingerprint density at radius 2 is 2.22 bits per heavy atom. The molecule has 0 aliphatic rings. The van der Waals surface area contributed by atoms with Gasteiger partial charge >= 0.3 is 0 Å². The van der Waals surface area contributed by atoms with Gasteiger partial charge in [-0.05, 0) is 30.5 Å². The molecule has 0 spiro atoms. The zero-order valence-corrected chi connectivity index (χ0v) is 11.3. The number of benzene rings is 1. The van der Waals surface area contributed by atoms with Crippen molar-refractivity contribution in [2.24, 2.45) is 5.92 Å². The van der Waals surface area contributed by atoms with Gasteiger partial charge in [-0.25, -0.2) is 0 Å². The maximum Gasteiger partial charge on any atom is 0.253 e. The molecule has 18 heavy (non-hydrogen) atoms. The van der Waals surface area contributed by atoms with E-state index in [9.17, 15) is 4.79 Å². The lowest BCUT2D eigenvalue weighted by molar-refractivity contribution is 0.0953. The van der Waals surface area contributed by atoms with Gasteiger partial charge in [-0.1, -0.05) is 25.4 Å². The average molecular weight is 265 g/mol. The van der Waals surface area contributed by atoms with Crippen LogP contribution in [0.4, 0.5) is 0 Å². The van der Waals surface area contributed by atoms with Crippen LogP contribution < -0.4 is 5.32 Å². The SMILES string of the molecule is CC(C)CCNC(=O)c1c[nH]c2ccc(Cl)cc12. The first kappa shape index (κ1) is 13.0. The van der Waals surface area contributed by atoms with Crippen LogP contribution in [0, 0.1) is 5.92 Å². The van der Waals surface area contributed by atoms with E-state index in [1.807, 2.05) is 12.1 Å². The maximum absolute atomic E-state index is 12.0. The van der Waals surface area contributed by atoms with E-state index < -0.39 is 0 Å². The van der Waals surface area contributed by atoms with Crippen molar-refractivity contribution in [1.29, 1.82) is 0 Å². The van der Waals surface area contributed by atoms with E-state index >= 15 is 0 Å². The zero-order chi connectivity index (χ0) is 13.1. The van der Waals surface area contributed by atoms with Crippen LogP contribution in [0.5, 0.6) is 0 Å². The van der Waals surface area contributed by atoms with Crippen LogP contribution in [-0.4, -0.2) is 17.4 Å². The molecule has 2 N–H and O–H groups in total. The van der Waals surface area contributed by atoms with Crippen LogP contribution >= 0.6 is 11.6 Å². The van der Waals surface area contributed by atoms with Gasteiger partial charge < -0.3 is 10.3 Å². The summed E-state index contributed by atoms with van der Waals surface area (Å²) in [5.74, 6) is 0.534. The standard InChI is InChI=1S/C14H17ClN2O/c1-9(2)5-6-16-14(18)12-8-17-13-4-3-10(15)7-11(12)13/h3-4,7-9,17H,5-6H2,1-2H3,(H,16,18). The molecule has 0 aliphatic heterocycles. The first-order valence-electron chi connectivity index (χ1n) is 6.12. The van der Waals surface area contributed by atoms with Crippen LogP contribution in [0.15, 0.2) is 24.4 Å². The maximum atomic E-state index is 12.0. The molecule has 0 fully saturated rings. The molecule has 2 rings (SSSR count). The second-order valence-electron chi connectivity index (χ2n) is 4.83. The van der Waals surface area contributed by atoms with Crippen molar-refractivity contribution in [3.8, 4) is 0 Å². The third-order valence-electron chi connectivity index (χ3n) is 2.90. The minimum atomic E-state index is -0.0517. The number of fused-ring (bicyclic) bond motifs is 1. The number of nitrogens with one attached hydrogen (secondary N) is 2. The molecule has 3 nitrogen and oxygen atoms in total. The summed E-state index contributed by atoms with van der Waals surface area (Å²) in [6.45, 7) is 4.97.